The van der Waals surface area contributed by atoms with Crippen LogP contribution >= 0.6 is 0 Å². The Morgan fingerprint density at radius 1 is 1.24 bits per heavy atom. The van der Waals surface area contributed by atoms with Crippen LogP contribution in [0.15, 0.2) is 36.7 Å². The summed E-state index contributed by atoms with van der Waals surface area (Å²) in [6, 6.07) is 9.90. The van der Waals surface area contributed by atoms with E-state index in [0.717, 1.165) is 22.6 Å². The van der Waals surface area contributed by atoms with Crippen molar-refractivity contribution in [3.8, 4) is 5.69 Å². The summed E-state index contributed by atoms with van der Waals surface area (Å²) in [7, 11) is 3.57. The highest BCUT2D eigenvalue weighted by Crippen LogP contribution is 2.27. The molecule has 0 unspecified atom stereocenters. The number of nitrogens with zero attached hydrogens (tertiary/aromatic N) is 6. The van der Waals surface area contributed by atoms with E-state index in [2.05, 4.69) is 10.1 Å². The second kappa shape index (κ2) is 6.39. The third-order valence-corrected chi connectivity index (χ3v) is 4.26. The van der Waals surface area contributed by atoms with E-state index < -0.39 is 4.92 Å². The third kappa shape index (κ3) is 2.98. The fourth-order valence-corrected chi connectivity index (χ4v) is 3.02. The molecule has 3 aromatic rings. The van der Waals surface area contributed by atoms with Gasteiger partial charge in [0.2, 0.25) is 12.1 Å². The largest absolute Gasteiger partial charge is 0.406 e. The smallest absolute Gasteiger partial charge is 0.358 e. The minimum Gasteiger partial charge on any atom is -0.358 e. The van der Waals surface area contributed by atoms with Gasteiger partial charge in [0, 0.05) is 31.9 Å². The molecular weight excluding hydrogens is 320 g/mol. The summed E-state index contributed by atoms with van der Waals surface area (Å²) in [6.07, 6.45) is 1.46. The maximum Gasteiger partial charge on any atom is 0.406 e. The molecule has 1 aromatic carbocycles. The lowest BCUT2D eigenvalue weighted by molar-refractivity contribution is -0.388. The number of nitro groups is 1. The van der Waals surface area contributed by atoms with Crippen LogP contribution in [0, 0.1) is 24.0 Å². The summed E-state index contributed by atoms with van der Waals surface area (Å²) >= 11 is 0. The Labute approximate surface area is 145 Å². The van der Waals surface area contributed by atoms with Crippen molar-refractivity contribution in [3.63, 3.8) is 0 Å². The van der Waals surface area contributed by atoms with E-state index in [1.807, 2.05) is 60.8 Å². The van der Waals surface area contributed by atoms with Crippen LogP contribution in [0.3, 0.4) is 0 Å². The van der Waals surface area contributed by atoms with Crippen LogP contribution in [0.4, 0.5) is 11.6 Å². The summed E-state index contributed by atoms with van der Waals surface area (Å²) < 4.78 is 3.56. The molecule has 0 fully saturated rings. The Morgan fingerprint density at radius 2 is 1.92 bits per heavy atom. The summed E-state index contributed by atoms with van der Waals surface area (Å²) in [5.74, 6) is 0.326. The van der Waals surface area contributed by atoms with Gasteiger partial charge in [-0.2, -0.15) is 5.10 Å². The molecule has 3 rings (SSSR count). The molecule has 2 heterocycles. The number of hydrogen-bond acceptors (Lipinski definition) is 5. The topological polar surface area (TPSA) is 82.0 Å². The molecule has 0 saturated carbocycles. The Bertz CT molecular complexity index is 913. The zero-order chi connectivity index (χ0) is 18.1. The lowest BCUT2D eigenvalue weighted by Crippen LogP contribution is -2.21. The predicted molar refractivity (Wildman–Crippen MR) is 95.0 cm³/mol. The summed E-state index contributed by atoms with van der Waals surface area (Å²) in [5, 5.41) is 15.8. The number of benzene rings is 1. The van der Waals surface area contributed by atoms with Gasteiger partial charge in [-0.25, -0.2) is 4.68 Å². The second-order valence-electron chi connectivity index (χ2n) is 6.01. The zero-order valence-corrected chi connectivity index (χ0v) is 14.7. The number of imidazole rings is 1. The molecule has 0 saturated heterocycles. The average molecular weight is 340 g/mol. The van der Waals surface area contributed by atoms with Crippen molar-refractivity contribution in [3.05, 3.63) is 63.7 Å². The van der Waals surface area contributed by atoms with E-state index >= 15 is 0 Å². The van der Waals surface area contributed by atoms with Crippen LogP contribution in [0.1, 0.15) is 17.0 Å². The van der Waals surface area contributed by atoms with Crippen molar-refractivity contribution < 1.29 is 4.92 Å². The second-order valence-corrected chi connectivity index (χ2v) is 6.01. The number of rotatable bonds is 5. The van der Waals surface area contributed by atoms with Gasteiger partial charge in [0.25, 0.3) is 0 Å². The van der Waals surface area contributed by atoms with Crippen molar-refractivity contribution in [2.75, 3.05) is 11.9 Å². The van der Waals surface area contributed by atoms with Gasteiger partial charge >= 0.3 is 5.82 Å². The van der Waals surface area contributed by atoms with E-state index in [4.69, 9.17) is 0 Å². The van der Waals surface area contributed by atoms with Crippen LogP contribution in [0.25, 0.3) is 5.69 Å². The lowest BCUT2D eigenvalue weighted by Gasteiger charge is -2.18. The molecule has 8 nitrogen and oxygen atoms in total. The van der Waals surface area contributed by atoms with Crippen LogP contribution in [-0.4, -0.2) is 31.3 Å². The SMILES string of the molecule is Cc1nn(-c2ccccc2)c(C)c1CN(C)c1c([N+](=O)[O-])ncn1C. The van der Waals surface area contributed by atoms with Gasteiger partial charge in [-0.3, -0.25) is 4.57 Å². The van der Waals surface area contributed by atoms with Crippen LogP contribution in [0.5, 0.6) is 0 Å². The van der Waals surface area contributed by atoms with Crippen LogP contribution < -0.4 is 4.90 Å². The summed E-state index contributed by atoms with van der Waals surface area (Å²) in [6.45, 7) is 4.46. The zero-order valence-electron chi connectivity index (χ0n) is 14.7. The fourth-order valence-electron chi connectivity index (χ4n) is 3.02. The highest BCUT2D eigenvalue weighted by Gasteiger charge is 2.25. The standard InChI is InChI=1S/C17H20N6O2/c1-12-15(13(2)22(19-12)14-8-6-5-7-9-14)10-20(3)17-16(23(24)25)18-11-21(17)4/h5-9,11H,10H2,1-4H3. The molecular formula is C17H20N6O2. The molecule has 0 bridgehead atoms. The third-order valence-electron chi connectivity index (χ3n) is 4.26. The van der Waals surface area contributed by atoms with Gasteiger partial charge in [-0.05, 0) is 35.9 Å². The first-order valence-electron chi connectivity index (χ1n) is 7.87. The molecule has 0 N–H and O–H groups in total. The van der Waals surface area contributed by atoms with E-state index in [0.29, 0.717) is 12.4 Å². The maximum absolute atomic E-state index is 11.2. The molecule has 0 aliphatic rings. The molecule has 0 radical (unpaired) electrons. The Kier molecular flexibility index (Phi) is 4.26. The molecule has 2 aromatic heterocycles. The highest BCUT2D eigenvalue weighted by molar-refractivity contribution is 5.54. The van der Waals surface area contributed by atoms with Gasteiger partial charge in [-0.1, -0.05) is 18.2 Å². The van der Waals surface area contributed by atoms with Crippen molar-refractivity contribution in [2.24, 2.45) is 7.05 Å². The molecule has 0 amide bonds. The van der Waals surface area contributed by atoms with Gasteiger partial charge in [0.1, 0.15) is 0 Å². The van der Waals surface area contributed by atoms with Crippen molar-refractivity contribution in [1.82, 2.24) is 19.3 Å². The molecule has 8 heteroatoms. The Hall–Kier alpha value is -3.16. The molecule has 25 heavy (non-hydrogen) atoms. The number of aryl methyl sites for hydroxylation is 2. The Balaban J connectivity index is 1.95. The first-order valence-corrected chi connectivity index (χ1v) is 7.87. The van der Waals surface area contributed by atoms with Crippen LogP contribution in [0.2, 0.25) is 0 Å². The molecule has 0 atom stereocenters. The van der Waals surface area contributed by atoms with Crippen molar-refractivity contribution in [1.29, 1.82) is 0 Å². The normalized spacial score (nSPS) is 10.9. The van der Waals surface area contributed by atoms with E-state index in [-0.39, 0.29) is 5.82 Å². The highest BCUT2D eigenvalue weighted by atomic mass is 16.6. The monoisotopic (exact) mass is 340 g/mol. The minimum atomic E-state index is -0.459. The van der Waals surface area contributed by atoms with Gasteiger partial charge in [0.05, 0.1) is 11.4 Å². The number of hydrogen-bond donors (Lipinski definition) is 0. The summed E-state index contributed by atoms with van der Waals surface area (Å²) in [4.78, 5) is 16.4. The number of para-hydroxylation sites is 1. The first kappa shape index (κ1) is 16.7. The number of aromatic nitrogens is 4. The fraction of sp³-hybridized carbons (Fsp3) is 0.294. The van der Waals surface area contributed by atoms with E-state index in [1.54, 1.807) is 11.6 Å². The van der Waals surface area contributed by atoms with E-state index in [9.17, 15) is 10.1 Å². The van der Waals surface area contributed by atoms with Crippen molar-refractivity contribution in [2.45, 2.75) is 20.4 Å². The predicted octanol–water partition coefficient (Wildman–Crippen LogP) is 2.77. The molecule has 0 aliphatic carbocycles. The lowest BCUT2D eigenvalue weighted by atomic mass is 10.2. The van der Waals surface area contributed by atoms with Gasteiger partial charge in [-0.15, -0.1) is 0 Å². The molecule has 130 valence electrons. The summed E-state index contributed by atoms with van der Waals surface area (Å²) in [5.41, 5.74) is 3.95. The van der Waals surface area contributed by atoms with Crippen molar-refractivity contribution >= 4 is 11.6 Å². The first-order chi connectivity index (χ1) is 11.9. The number of anilines is 1. The Morgan fingerprint density at radius 3 is 2.56 bits per heavy atom. The molecule has 0 spiro atoms. The molecule has 0 aliphatic heterocycles. The minimum absolute atomic E-state index is 0.143. The quantitative estimate of drug-likeness (QED) is 0.527. The van der Waals surface area contributed by atoms with E-state index in [1.165, 1.54) is 6.33 Å². The maximum atomic E-state index is 11.2. The van der Waals surface area contributed by atoms with Gasteiger partial charge < -0.3 is 15.0 Å². The average Bonchev–Trinajstić information content (AvgIpc) is 3.10. The van der Waals surface area contributed by atoms with Crippen LogP contribution in [-0.2, 0) is 13.6 Å². The van der Waals surface area contributed by atoms with Gasteiger partial charge in [0.15, 0.2) is 0 Å².